The van der Waals surface area contributed by atoms with Gasteiger partial charge in [0.2, 0.25) is 5.88 Å². The first-order valence-electron chi connectivity index (χ1n) is 10.1. The molecule has 34 heavy (non-hydrogen) atoms. The third kappa shape index (κ3) is 5.63. The number of anilines is 2. The number of urea groups is 1. The van der Waals surface area contributed by atoms with Crippen LogP contribution in [-0.2, 0) is 0 Å². The summed E-state index contributed by atoms with van der Waals surface area (Å²) in [5.41, 5.74) is 2.67. The molecule has 174 valence electrons. The Labute approximate surface area is 193 Å². The molecule has 0 atom stereocenters. The van der Waals surface area contributed by atoms with Gasteiger partial charge in [-0.1, -0.05) is 6.07 Å². The molecule has 2 aromatic carbocycles. The Morgan fingerprint density at radius 1 is 0.941 bits per heavy atom. The highest BCUT2D eigenvalue weighted by Gasteiger charge is 2.09. The van der Waals surface area contributed by atoms with Crippen molar-refractivity contribution in [1.29, 1.82) is 0 Å². The van der Waals surface area contributed by atoms with Crippen LogP contribution >= 0.6 is 0 Å². The van der Waals surface area contributed by atoms with Gasteiger partial charge in [-0.3, -0.25) is 4.57 Å². The highest BCUT2D eigenvalue weighted by atomic mass is 19.3. The molecule has 2 amide bonds. The molecule has 4 aromatic rings. The smallest absolute Gasteiger partial charge is 0.387 e. The molecular formula is C23H20F2N6O3. The van der Waals surface area contributed by atoms with E-state index in [2.05, 4.69) is 30.3 Å². The molecule has 11 heteroatoms. The summed E-state index contributed by atoms with van der Waals surface area (Å²) in [6, 6.07) is 13.5. The maximum absolute atomic E-state index is 12.3. The van der Waals surface area contributed by atoms with E-state index < -0.39 is 12.6 Å². The van der Waals surface area contributed by atoms with Crippen molar-refractivity contribution in [2.24, 2.45) is 0 Å². The summed E-state index contributed by atoms with van der Waals surface area (Å²) in [4.78, 5) is 24.9. The number of hydrogen-bond donors (Lipinski definition) is 2. The zero-order chi connectivity index (χ0) is 24.1. The fourth-order valence-corrected chi connectivity index (χ4v) is 3.02. The van der Waals surface area contributed by atoms with Gasteiger partial charge in [-0.05, 0) is 50.2 Å². The standard InChI is InChI=1S/C23H20F2N6O3/c1-14-15(2)31(13-28-14)20-11-21(27-12-26-20)33-18-8-6-16(7-9-18)29-23(32)30-17-4-3-5-19(10-17)34-22(24)25/h3-13,22H,1-2H3,(H2,29,30,32). The van der Waals surface area contributed by atoms with Gasteiger partial charge in [0.1, 0.15) is 30.0 Å². The summed E-state index contributed by atoms with van der Waals surface area (Å²) in [7, 11) is 0. The first-order chi connectivity index (χ1) is 16.4. The minimum atomic E-state index is -2.95. The van der Waals surface area contributed by atoms with Gasteiger partial charge in [0, 0.05) is 29.2 Å². The van der Waals surface area contributed by atoms with Crippen LogP contribution < -0.4 is 20.1 Å². The van der Waals surface area contributed by atoms with Crippen molar-refractivity contribution >= 4 is 17.4 Å². The lowest BCUT2D eigenvalue weighted by Crippen LogP contribution is -2.19. The third-order valence-corrected chi connectivity index (χ3v) is 4.78. The van der Waals surface area contributed by atoms with Crippen molar-refractivity contribution in [2.75, 3.05) is 10.6 Å². The van der Waals surface area contributed by atoms with Crippen molar-refractivity contribution in [3.63, 3.8) is 0 Å². The number of halogens is 2. The number of aryl methyl sites for hydroxylation is 1. The van der Waals surface area contributed by atoms with Gasteiger partial charge >= 0.3 is 12.6 Å². The molecule has 0 unspecified atom stereocenters. The van der Waals surface area contributed by atoms with Gasteiger partial charge in [0.05, 0.1) is 5.69 Å². The second kappa shape index (κ2) is 9.94. The van der Waals surface area contributed by atoms with Gasteiger partial charge in [0.25, 0.3) is 0 Å². The number of benzene rings is 2. The van der Waals surface area contributed by atoms with Gasteiger partial charge in [-0.15, -0.1) is 0 Å². The number of ether oxygens (including phenoxy) is 2. The fraction of sp³-hybridized carbons (Fsp3) is 0.130. The number of alkyl halides is 2. The van der Waals surface area contributed by atoms with Crippen LogP contribution in [-0.4, -0.2) is 32.2 Å². The second-order valence-electron chi connectivity index (χ2n) is 7.11. The summed E-state index contributed by atoms with van der Waals surface area (Å²) in [6.45, 7) is 0.915. The van der Waals surface area contributed by atoms with Gasteiger partial charge in [-0.2, -0.15) is 8.78 Å². The fourth-order valence-electron chi connectivity index (χ4n) is 3.02. The molecule has 2 heterocycles. The zero-order valence-electron chi connectivity index (χ0n) is 18.2. The van der Waals surface area contributed by atoms with Crippen LogP contribution in [0.25, 0.3) is 5.82 Å². The summed E-state index contributed by atoms with van der Waals surface area (Å²) in [5, 5.41) is 5.21. The van der Waals surface area contributed by atoms with Crippen LogP contribution in [0.1, 0.15) is 11.4 Å². The number of imidazole rings is 1. The molecule has 0 saturated heterocycles. The predicted octanol–water partition coefficient (Wildman–Crippen LogP) is 5.32. The summed E-state index contributed by atoms with van der Waals surface area (Å²) < 4.78 is 36.6. The quantitative estimate of drug-likeness (QED) is 0.382. The van der Waals surface area contributed by atoms with E-state index in [9.17, 15) is 13.6 Å². The molecule has 0 spiro atoms. The molecule has 2 aromatic heterocycles. The van der Waals surface area contributed by atoms with E-state index >= 15 is 0 Å². The van der Waals surface area contributed by atoms with Crippen LogP contribution in [0.5, 0.6) is 17.4 Å². The van der Waals surface area contributed by atoms with E-state index in [-0.39, 0.29) is 5.75 Å². The van der Waals surface area contributed by atoms with Crippen LogP contribution in [0.2, 0.25) is 0 Å². The Hall–Kier alpha value is -4.54. The lowest BCUT2D eigenvalue weighted by atomic mass is 10.3. The van der Waals surface area contributed by atoms with Gasteiger partial charge in [0.15, 0.2) is 0 Å². The zero-order valence-corrected chi connectivity index (χ0v) is 18.2. The lowest BCUT2D eigenvalue weighted by molar-refractivity contribution is -0.0498. The number of nitrogens with zero attached hydrogens (tertiary/aromatic N) is 4. The second-order valence-corrected chi connectivity index (χ2v) is 7.11. The number of rotatable bonds is 7. The summed E-state index contributed by atoms with van der Waals surface area (Å²) >= 11 is 0. The molecule has 4 rings (SSSR count). The maximum atomic E-state index is 12.3. The van der Waals surface area contributed by atoms with E-state index in [0.29, 0.717) is 28.8 Å². The number of aromatic nitrogens is 4. The average Bonchev–Trinajstić information content (AvgIpc) is 3.13. The summed E-state index contributed by atoms with van der Waals surface area (Å²) in [5.74, 6) is 1.42. The molecule has 0 aliphatic rings. The Kier molecular flexibility index (Phi) is 6.62. The van der Waals surface area contributed by atoms with E-state index in [1.165, 1.54) is 24.5 Å². The SMILES string of the molecule is Cc1ncn(-c2cc(Oc3ccc(NC(=O)Nc4cccc(OC(F)F)c4)cc3)ncn2)c1C. The van der Waals surface area contributed by atoms with Crippen molar-refractivity contribution < 1.29 is 23.0 Å². The van der Waals surface area contributed by atoms with Crippen LogP contribution in [0.3, 0.4) is 0 Å². The van der Waals surface area contributed by atoms with E-state index in [4.69, 9.17) is 4.74 Å². The highest BCUT2D eigenvalue weighted by molar-refractivity contribution is 5.99. The molecule has 0 bridgehead atoms. The molecule has 9 nitrogen and oxygen atoms in total. The molecule has 0 saturated carbocycles. The number of hydrogen-bond acceptors (Lipinski definition) is 6. The summed E-state index contributed by atoms with van der Waals surface area (Å²) in [6.07, 6.45) is 3.09. The van der Waals surface area contributed by atoms with Crippen LogP contribution in [0.15, 0.2) is 67.3 Å². The predicted molar refractivity (Wildman–Crippen MR) is 121 cm³/mol. The topological polar surface area (TPSA) is 103 Å². The van der Waals surface area contributed by atoms with Gasteiger partial charge in [-0.25, -0.2) is 19.7 Å². The van der Waals surface area contributed by atoms with Crippen LogP contribution in [0.4, 0.5) is 25.0 Å². The molecule has 0 aliphatic heterocycles. The van der Waals surface area contributed by atoms with Crippen molar-refractivity contribution in [1.82, 2.24) is 19.5 Å². The third-order valence-electron chi connectivity index (χ3n) is 4.78. The Bertz CT molecular complexity index is 1290. The minimum absolute atomic E-state index is 0.0551. The first kappa shape index (κ1) is 22.6. The Morgan fingerprint density at radius 3 is 2.41 bits per heavy atom. The molecule has 0 aliphatic carbocycles. The largest absolute Gasteiger partial charge is 0.439 e. The molecule has 0 radical (unpaired) electrons. The number of carbonyl (C=O) groups is 1. The normalized spacial score (nSPS) is 10.7. The first-order valence-corrected chi connectivity index (χ1v) is 10.1. The van der Waals surface area contributed by atoms with Crippen molar-refractivity contribution in [3.05, 3.63) is 78.6 Å². The number of amides is 2. The number of carbonyl (C=O) groups excluding carboxylic acids is 1. The monoisotopic (exact) mass is 466 g/mol. The van der Waals surface area contributed by atoms with Crippen molar-refractivity contribution in [2.45, 2.75) is 20.5 Å². The molecular weight excluding hydrogens is 446 g/mol. The highest BCUT2D eigenvalue weighted by Crippen LogP contribution is 2.24. The minimum Gasteiger partial charge on any atom is -0.439 e. The van der Waals surface area contributed by atoms with E-state index in [0.717, 1.165) is 11.4 Å². The van der Waals surface area contributed by atoms with Crippen molar-refractivity contribution in [3.8, 4) is 23.2 Å². The Balaban J connectivity index is 1.37. The lowest BCUT2D eigenvalue weighted by Gasteiger charge is -2.11. The van der Waals surface area contributed by atoms with Crippen LogP contribution in [0, 0.1) is 13.8 Å². The van der Waals surface area contributed by atoms with Gasteiger partial charge < -0.3 is 20.1 Å². The molecule has 0 fully saturated rings. The van der Waals surface area contributed by atoms with E-state index in [1.807, 2.05) is 18.4 Å². The number of nitrogens with one attached hydrogen (secondary N) is 2. The maximum Gasteiger partial charge on any atom is 0.387 e. The molecule has 2 N–H and O–H groups in total. The Morgan fingerprint density at radius 2 is 1.71 bits per heavy atom. The average molecular weight is 466 g/mol. The van der Waals surface area contributed by atoms with E-state index in [1.54, 1.807) is 42.7 Å².